The van der Waals surface area contributed by atoms with Crippen LogP contribution in [0.25, 0.3) is 6.08 Å². The topological polar surface area (TPSA) is 17.3 Å². The van der Waals surface area contributed by atoms with Crippen LogP contribution >= 0.6 is 0 Å². The molecule has 1 saturated carbocycles. The number of aromatic nitrogens is 1. The SMILES string of the molecule is C/C=c1/cc2n(Cc3ccccc3)c1=NC1CCCC2CC1. The molecule has 4 rings (SSSR count). The van der Waals surface area contributed by atoms with E-state index >= 15 is 0 Å². The van der Waals surface area contributed by atoms with Gasteiger partial charge >= 0.3 is 0 Å². The van der Waals surface area contributed by atoms with E-state index in [2.05, 4.69) is 54.0 Å². The second-order valence-corrected chi connectivity index (χ2v) is 6.70. The first-order chi connectivity index (χ1) is 10.8. The Hall–Kier alpha value is -1.83. The lowest BCUT2D eigenvalue weighted by Crippen LogP contribution is -2.33. The third-order valence-corrected chi connectivity index (χ3v) is 5.28. The van der Waals surface area contributed by atoms with Crippen molar-refractivity contribution in [3.05, 3.63) is 58.4 Å². The molecule has 2 heterocycles. The fourth-order valence-electron chi connectivity index (χ4n) is 4.09. The smallest absolute Gasteiger partial charge is 0.135 e. The van der Waals surface area contributed by atoms with Crippen molar-refractivity contribution >= 4 is 6.08 Å². The first-order valence-corrected chi connectivity index (χ1v) is 8.62. The summed E-state index contributed by atoms with van der Waals surface area (Å²) < 4.78 is 2.49. The third kappa shape index (κ3) is 2.41. The van der Waals surface area contributed by atoms with E-state index in [-0.39, 0.29) is 0 Å². The quantitative estimate of drug-likeness (QED) is 0.807. The highest BCUT2D eigenvalue weighted by Crippen LogP contribution is 2.33. The van der Waals surface area contributed by atoms with Crippen LogP contribution in [0.4, 0.5) is 0 Å². The van der Waals surface area contributed by atoms with Gasteiger partial charge in [0.2, 0.25) is 0 Å². The summed E-state index contributed by atoms with van der Waals surface area (Å²) in [6.07, 6.45) is 8.72. The van der Waals surface area contributed by atoms with Crippen LogP contribution in [0.1, 0.15) is 56.2 Å². The molecule has 1 fully saturated rings. The molecule has 114 valence electrons. The van der Waals surface area contributed by atoms with Crippen LogP contribution in [0.15, 0.2) is 41.4 Å². The minimum atomic E-state index is 0.529. The lowest BCUT2D eigenvalue weighted by Gasteiger charge is -2.20. The van der Waals surface area contributed by atoms with E-state index in [9.17, 15) is 0 Å². The van der Waals surface area contributed by atoms with Crippen molar-refractivity contribution < 1.29 is 0 Å². The Morgan fingerprint density at radius 2 is 2.00 bits per heavy atom. The van der Waals surface area contributed by atoms with Gasteiger partial charge in [-0.2, -0.15) is 0 Å². The summed E-state index contributed by atoms with van der Waals surface area (Å²) in [4.78, 5) is 5.16. The Balaban J connectivity index is 1.91. The van der Waals surface area contributed by atoms with Crippen molar-refractivity contribution in [1.29, 1.82) is 0 Å². The molecule has 1 aliphatic carbocycles. The van der Waals surface area contributed by atoms with E-state index in [1.54, 1.807) is 0 Å². The Bertz CT molecular complexity index is 770. The lowest BCUT2D eigenvalue weighted by molar-refractivity contribution is 0.507. The summed E-state index contributed by atoms with van der Waals surface area (Å²) >= 11 is 0. The van der Waals surface area contributed by atoms with Crippen LogP contribution in [-0.2, 0) is 6.54 Å². The maximum absolute atomic E-state index is 5.16. The monoisotopic (exact) mass is 292 g/mol. The van der Waals surface area contributed by atoms with Gasteiger partial charge in [-0.25, -0.2) is 0 Å². The molecule has 2 atom stereocenters. The Kier molecular flexibility index (Phi) is 3.61. The number of fused-ring (bicyclic) bond motifs is 6. The van der Waals surface area contributed by atoms with Gasteiger partial charge in [0.05, 0.1) is 6.04 Å². The highest BCUT2D eigenvalue weighted by atomic mass is 15.1. The van der Waals surface area contributed by atoms with E-state index in [4.69, 9.17) is 4.99 Å². The molecule has 0 spiro atoms. The minimum absolute atomic E-state index is 0.529. The van der Waals surface area contributed by atoms with Gasteiger partial charge in [0.25, 0.3) is 0 Å². The summed E-state index contributed by atoms with van der Waals surface area (Å²) in [6, 6.07) is 13.7. The van der Waals surface area contributed by atoms with Gasteiger partial charge < -0.3 is 4.57 Å². The highest BCUT2D eigenvalue weighted by molar-refractivity contribution is 5.27. The molecule has 2 heteroatoms. The zero-order valence-corrected chi connectivity index (χ0v) is 13.3. The largest absolute Gasteiger partial charge is 0.325 e. The molecule has 2 nitrogen and oxygen atoms in total. The number of nitrogens with zero attached hydrogens (tertiary/aromatic N) is 2. The first kappa shape index (κ1) is 13.8. The molecule has 22 heavy (non-hydrogen) atoms. The van der Waals surface area contributed by atoms with Crippen molar-refractivity contribution in [2.24, 2.45) is 4.99 Å². The van der Waals surface area contributed by atoms with E-state index in [1.807, 2.05) is 0 Å². The molecule has 0 N–H and O–H groups in total. The fraction of sp³-hybridized carbons (Fsp3) is 0.450. The van der Waals surface area contributed by atoms with Crippen molar-refractivity contribution in [1.82, 2.24) is 4.57 Å². The molecule has 1 aromatic heterocycles. The molecule has 4 bridgehead atoms. The summed E-state index contributed by atoms with van der Waals surface area (Å²) in [5.74, 6) is 0.719. The van der Waals surface area contributed by atoms with Crippen molar-refractivity contribution in [3.8, 4) is 0 Å². The first-order valence-electron chi connectivity index (χ1n) is 8.62. The van der Waals surface area contributed by atoms with Crippen LogP contribution in [0.2, 0.25) is 0 Å². The fourth-order valence-corrected chi connectivity index (χ4v) is 4.09. The molecule has 0 amide bonds. The molecular formula is C20H24N2. The van der Waals surface area contributed by atoms with Gasteiger partial charge in [0, 0.05) is 17.5 Å². The van der Waals surface area contributed by atoms with Crippen molar-refractivity contribution in [2.45, 2.75) is 57.5 Å². The molecule has 1 aliphatic heterocycles. The van der Waals surface area contributed by atoms with E-state index < -0.39 is 0 Å². The molecule has 1 aromatic carbocycles. The van der Waals surface area contributed by atoms with Crippen LogP contribution in [0.3, 0.4) is 0 Å². The standard InChI is InChI=1S/C20H24N2/c1-2-16-13-19-17-9-6-10-18(12-11-17)21-20(16)22(19)14-15-7-4-3-5-8-15/h2-5,7-8,13,17-18H,6,9-12,14H2,1H3/b16-2-,21-20?. The third-order valence-electron chi connectivity index (χ3n) is 5.28. The maximum Gasteiger partial charge on any atom is 0.135 e. The normalized spacial score (nSPS) is 24.5. The van der Waals surface area contributed by atoms with Crippen LogP contribution in [0.5, 0.6) is 0 Å². The van der Waals surface area contributed by atoms with Gasteiger partial charge in [-0.1, -0.05) is 42.8 Å². The predicted octanol–water partition coefficient (Wildman–Crippen LogP) is 3.39. The summed E-state index contributed by atoms with van der Waals surface area (Å²) in [5.41, 5.74) is 4.10. The number of benzene rings is 1. The van der Waals surface area contributed by atoms with E-state index in [1.165, 1.54) is 54.1 Å². The maximum atomic E-state index is 5.16. The molecule has 2 aromatic rings. The zero-order chi connectivity index (χ0) is 14.9. The Labute approximate surface area is 132 Å². The van der Waals surface area contributed by atoms with Gasteiger partial charge in [-0.3, -0.25) is 4.99 Å². The number of hydrogen-bond acceptors (Lipinski definition) is 1. The highest BCUT2D eigenvalue weighted by Gasteiger charge is 2.25. The molecule has 2 aliphatic rings. The summed E-state index contributed by atoms with van der Waals surface area (Å²) in [7, 11) is 0. The average molecular weight is 292 g/mol. The van der Waals surface area contributed by atoms with Gasteiger partial charge in [-0.15, -0.1) is 0 Å². The summed E-state index contributed by atoms with van der Waals surface area (Å²) in [6.45, 7) is 3.09. The van der Waals surface area contributed by atoms with E-state index in [0.717, 1.165) is 12.5 Å². The zero-order valence-electron chi connectivity index (χ0n) is 13.3. The number of hydrogen-bond donors (Lipinski definition) is 0. The second-order valence-electron chi connectivity index (χ2n) is 6.70. The van der Waals surface area contributed by atoms with Gasteiger partial charge in [0.15, 0.2) is 0 Å². The number of rotatable bonds is 2. The molecule has 2 unspecified atom stereocenters. The Morgan fingerprint density at radius 3 is 2.82 bits per heavy atom. The second kappa shape index (κ2) is 5.75. The van der Waals surface area contributed by atoms with E-state index in [0.29, 0.717) is 6.04 Å². The molecular weight excluding hydrogens is 268 g/mol. The van der Waals surface area contributed by atoms with Gasteiger partial charge in [0.1, 0.15) is 5.49 Å². The van der Waals surface area contributed by atoms with Crippen molar-refractivity contribution in [3.63, 3.8) is 0 Å². The molecule has 0 saturated heterocycles. The Morgan fingerprint density at radius 1 is 1.14 bits per heavy atom. The van der Waals surface area contributed by atoms with Crippen LogP contribution < -0.4 is 10.7 Å². The average Bonchev–Trinajstić information content (AvgIpc) is 2.77. The van der Waals surface area contributed by atoms with Crippen molar-refractivity contribution in [2.75, 3.05) is 0 Å². The van der Waals surface area contributed by atoms with Gasteiger partial charge in [-0.05, 0) is 50.2 Å². The van der Waals surface area contributed by atoms with Crippen LogP contribution in [-0.4, -0.2) is 10.6 Å². The lowest BCUT2D eigenvalue weighted by atomic mass is 9.96. The summed E-state index contributed by atoms with van der Waals surface area (Å²) in [5, 5.41) is 1.32. The predicted molar refractivity (Wildman–Crippen MR) is 90.5 cm³/mol. The minimum Gasteiger partial charge on any atom is -0.325 e. The molecule has 0 radical (unpaired) electrons. The van der Waals surface area contributed by atoms with Crippen LogP contribution in [0, 0.1) is 0 Å².